The highest BCUT2D eigenvalue weighted by atomic mass is 35.5. The number of halogens is 1. The predicted octanol–water partition coefficient (Wildman–Crippen LogP) is 2.33. The van der Waals surface area contributed by atoms with Gasteiger partial charge in [-0.25, -0.2) is 13.4 Å². The SMILES string of the molecule is CCOc1ncccc1NS(=O)(=O)c1cnccc1Cl. The third-order valence-corrected chi connectivity index (χ3v) is 4.15. The molecular weight excluding hydrogens is 302 g/mol. The van der Waals surface area contributed by atoms with Gasteiger partial charge in [0.1, 0.15) is 10.6 Å². The van der Waals surface area contributed by atoms with E-state index >= 15 is 0 Å². The fraction of sp³-hybridized carbons (Fsp3) is 0.167. The molecule has 0 bridgehead atoms. The van der Waals surface area contributed by atoms with Crippen molar-refractivity contribution in [3.05, 3.63) is 41.8 Å². The van der Waals surface area contributed by atoms with Crippen LogP contribution in [-0.4, -0.2) is 25.0 Å². The van der Waals surface area contributed by atoms with Crippen molar-refractivity contribution >= 4 is 27.3 Å². The number of nitrogens with one attached hydrogen (secondary N) is 1. The van der Waals surface area contributed by atoms with Crippen molar-refractivity contribution in [2.45, 2.75) is 11.8 Å². The zero-order valence-electron chi connectivity index (χ0n) is 10.6. The van der Waals surface area contributed by atoms with Gasteiger partial charge in [-0.3, -0.25) is 9.71 Å². The number of anilines is 1. The molecule has 0 saturated carbocycles. The maximum absolute atomic E-state index is 12.3. The number of nitrogens with zero attached hydrogens (tertiary/aromatic N) is 2. The average molecular weight is 314 g/mol. The van der Waals surface area contributed by atoms with Gasteiger partial charge in [0.15, 0.2) is 0 Å². The molecule has 2 rings (SSSR count). The van der Waals surface area contributed by atoms with E-state index in [4.69, 9.17) is 16.3 Å². The molecule has 0 atom stereocenters. The van der Waals surface area contributed by atoms with Gasteiger partial charge in [0.25, 0.3) is 10.0 Å². The Balaban J connectivity index is 2.37. The van der Waals surface area contributed by atoms with Gasteiger partial charge in [-0.15, -0.1) is 0 Å². The molecule has 0 radical (unpaired) electrons. The summed E-state index contributed by atoms with van der Waals surface area (Å²) in [6.07, 6.45) is 4.11. The molecule has 0 aliphatic heterocycles. The number of sulfonamides is 1. The van der Waals surface area contributed by atoms with E-state index in [0.717, 1.165) is 0 Å². The van der Waals surface area contributed by atoms with Crippen LogP contribution in [0.4, 0.5) is 5.69 Å². The largest absolute Gasteiger partial charge is 0.476 e. The van der Waals surface area contributed by atoms with Crippen molar-refractivity contribution in [1.82, 2.24) is 9.97 Å². The van der Waals surface area contributed by atoms with Gasteiger partial charge in [-0.2, -0.15) is 0 Å². The highest BCUT2D eigenvalue weighted by Crippen LogP contribution is 2.26. The van der Waals surface area contributed by atoms with Crippen LogP contribution in [0.3, 0.4) is 0 Å². The van der Waals surface area contributed by atoms with E-state index in [9.17, 15) is 8.42 Å². The van der Waals surface area contributed by atoms with E-state index in [1.54, 1.807) is 19.1 Å². The lowest BCUT2D eigenvalue weighted by Gasteiger charge is -2.12. The minimum Gasteiger partial charge on any atom is -0.476 e. The molecule has 106 valence electrons. The lowest BCUT2D eigenvalue weighted by Crippen LogP contribution is -2.15. The molecule has 2 aromatic heterocycles. The van der Waals surface area contributed by atoms with E-state index in [1.165, 1.54) is 24.7 Å². The molecule has 0 fully saturated rings. The number of aromatic nitrogens is 2. The third-order valence-electron chi connectivity index (χ3n) is 2.32. The quantitative estimate of drug-likeness (QED) is 0.916. The summed E-state index contributed by atoms with van der Waals surface area (Å²) in [4.78, 5) is 7.63. The van der Waals surface area contributed by atoms with E-state index < -0.39 is 10.0 Å². The summed E-state index contributed by atoms with van der Waals surface area (Å²) in [6, 6.07) is 4.56. The first-order chi connectivity index (χ1) is 9.54. The van der Waals surface area contributed by atoms with Crippen molar-refractivity contribution in [2.24, 2.45) is 0 Å². The Hall–Kier alpha value is -1.86. The lowest BCUT2D eigenvalue weighted by atomic mass is 10.4. The maximum Gasteiger partial charge on any atom is 0.265 e. The molecule has 6 nitrogen and oxygen atoms in total. The summed E-state index contributed by atoms with van der Waals surface area (Å²) in [7, 11) is -3.85. The van der Waals surface area contributed by atoms with Crippen LogP contribution < -0.4 is 9.46 Å². The zero-order chi connectivity index (χ0) is 14.6. The third kappa shape index (κ3) is 3.17. The Labute approximate surface area is 121 Å². The molecule has 8 heteroatoms. The summed E-state index contributed by atoms with van der Waals surface area (Å²) >= 11 is 5.87. The first kappa shape index (κ1) is 14.5. The van der Waals surface area contributed by atoms with Gasteiger partial charge in [0.05, 0.1) is 11.6 Å². The fourth-order valence-corrected chi connectivity index (χ4v) is 2.97. The summed E-state index contributed by atoms with van der Waals surface area (Å²) in [5.41, 5.74) is 0.245. The monoisotopic (exact) mass is 313 g/mol. The van der Waals surface area contributed by atoms with Crippen LogP contribution in [0.25, 0.3) is 0 Å². The zero-order valence-corrected chi connectivity index (χ0v) is 12.1. The van der Waals surface area contributed by atoms with E-state index in [-0.39, 0.29) is 21.5 Å². The molecule has 20 heavy (non-hydrogen) atoms. The molecule has 0 spiro atoms. The number of hydrogen-bond donors (Lipinski definition) is 1. The van der Waals surface area contributed by atoms with Gasteiger partial charge >= 0.3 is 0 Å². The van der Waals surface area contributed by atoms with Crippen LogP contribution in [0.15, 0.2) is 41.7 Å². The lowest BCUT2D eigenvalue weighted by molar-refractivity contribution is 0.329. The summed E-state index contributed by atoms with van der Waals surface area (Å²) in [5.74, 6) is 0.207. The Morgan fingerprint density at radius 2 is 2.15 bits per heavy atom. The van der Waals surface area contributed by atoms with Gasteiger partial charge in [0.2, 0.25) is 5.88 Å². The Kier molecular flexibility index (Phi) is 4.41. The van der Waals surface area contributed by atoms with Gasteiger partial charge in [-0.1, -0.05) is 11.6 Å². The molecule has 0 amide bonds. The fourth-order valence-electron chi connectivity index (χ4n) is 1.48. The standard InChI is InChI=1S/C12H12ClN3O3S/c1-2-19-12-10(4-3-6-15-12)16-20(17,18)11-8-14-7-5-9(11)13/h3-8,16H,2H2,1H3. The Bertz CT molecular complexity index is 707. The normalized spacial score (nSPS) is 11.1. The van der Waals surface area contributed by atoms with Gasteiger partial charge < -0.3 is 4.74 Å². The average Bonchev–Trinajstić information content (AvgIpc) is 2.41. The molecule has 0 aromatic carbocycles. The first-order valence-corrected chi connectivity index (χ1v) is 7.61. The number of hydrogen-bond acceptors (Lipinski definition) is 5. The molecular formula is C12H12ClN3O3S. The number of rotatable bonds is 5. The van der Waals surface area contributed by atoms with Crippen LogP contribution in [-0.2, 0) is 10.0 Å². The van der Waals surface area contributed by atoms with E-state index in [2.05, 4.69) is 14.7 Å². The van der Waals surface area contributed by atoms with Crippen molar-refractivity contribution < 1.29 is 13.2 Å². The molecule has 2 heterocycles. The summed E-state index contributed by atoms with van der Waals surface area (Å²) in [5, 5.41) is 0.0920. The highest BCUT2D eigenvalue weighted by molar-refractivity contribution is 7.92. The second-order valence-electron chi connectivity index (χ2n) is 3.70. The second-order valence-corrected chi connectivity index (χ2v) is 5.76. The van der Waals surface area contributed by atoms with E-state index in [1.807, 2.05) is 0 Å². The minimum absolute atomic E-state index is 0.0920. The molecule has 1 N–H and O–H groups in total. The van der Waals surface area contributed by atoms with Gasteiger partial charge in [-0.05, 0) is 25.1 Å². The topological polar surface area (TPSA) is 81.2 Å². The smallest absolute Gasteiger partial charge is 0.265 e. The first-order valence-electron chi connectivity index (χ1n) is 5.74. The highest BCUT2D eigenvalue weighted by Gasteiger charge is 2.20. The van der Waals surface area contributed by atoms with Crippen LogP contribution in [0.2, 0.25) is 5.02 Å². The number of pyridine rings is 2. The Morgan fingerprint density at radius 1 is 1.35 bits per heavy atom. The predicted molar refractivity (Wildman–Crippen MR) is 75.5 cm³/mol. The Morgan fingerprint density at radius 3 is 2.85 bits per heavy atom. The molecule has 0 aliphatic rings. The van der Waals surface area contributed by atoms with Gasteiger partial charge in [0, 0.05) is 18.6 Å². The minimum atomic E-state index is -3.85. The van der Waals surface area contributed by atoms with Crippen molar-refractivity contribution in [1.29, 1.82) is 0 Å². The molecule has 2 aromatic rings. The second kappa shape index (κ2) is 6.06. The van der Waals surface area contributed by atoms with E-state index in [0.29, 0.717) is 6.61 Å². The molecule has 0 saturated heterocycles. The maximum atomic E-state index is 12.3. The van der Waals surface area contributed by atoms with Crippen molar-refractivity contribution in [2.75, 3.05) is 11.3 Å². The van der Waals surface area contributed by atoms with Crippen LogP contribution in [0, 0.1) is 0 Å². The molecule has 0 unspecified atom stereocenters. The van der Waals surface area contributed by atoms with Crippen molar-refractivity contribution in [3.63, 3.8) is 0 Å². The van der Waals surface area contributed by atoms with Crippen LogP contribution >= 0.6 is 11.6 Å². The molecule has 0 aliphatic carbocycles. The van der Waals surface area contributed by atoms with Crippen LogP contribution in [0.5, 0.6) is 5.88 Å². The number of ether oxygens (including phenoxy) is 1. The van der Waals surface area contributed by atoms with Crippen LogP contribution in [0.1, 0.15) is 6.92 Å². The van der Waals surface area contributed by atoms with Crippen molar-refractivity contribution in [3.8, 4) is 5.88 Å². The summed E-state index contributed by atoms with van der Waals surface area (Å²) in [6.45, 7) is 2.16. The summed E-state index contributed by atoms with van der Waals surface area (Å²) < 4.78 is 32.2.